The number of hydrogen-bond donors (Lipinski definition) is 0. The summed E-state index contributed by atoms with van der Waals surface area (Å²) in [6.07, 6.45) is 0.367. The van der Waals surface area contributed by atoms with Crippen LogP contribution in [0.5, 0.6) is 0 Å². The zero-order valence-corrected chi connectivity index (χ0v) is 11.2. The van der Waals surface area contributed by atoms with E-state index in [4.69, 9.17) is 0 Å². The predicted octanol–water partition coefficient (Wildman–Crippen LogP) is 2.68. The molecular formula is C14H12N2O2S. The standard InChI is InChI=1S/C14H12N2O2S/c1-9-15-11(8-19-9)14(18)16-7-6-13(17)10-4-2-3-5-12(10)16/h2-5,8H,6-7H2,1H3. The van der Waals surface area contributed by atoms with E-state index >= 15 is 0 Å². The number of ketones is 1. The summed E-state index contributed by atoms with van der Waals surface area (Å²) in [6.45, 7) is 2.29. The first-order valence-corrected chi connectivity index (χ1v) is 6.91. The average molecular weight is 272 g/mol. The molecule has 3 rings (SSSR count). The van der Waals surface area contributed by atoms with Gasteiger partial charge < -0.3 is 4.90 Å². The van der Waals surface area contributed by atoms with Crippen molar-refractivity contribution >= 4 is 28.7 Å². The number of aromatic nitrogens is 1. The molecular weight excluding hydrogens is 260 g/mol. The van der Waals surface area contributed by atoms with Gasteiger partial charge in [0.2, 0.25) is 0 Å². The fourth-order valence-corrected chi connectivity index (χ4v) is 2.81. The Kier molecular flexibility index (Phi) is 2.91. The van der Waals surface area contributed by atoms with Crippen LogP contribution in [0.1, 0.15) is 32.3 Å². The minimum absolute atomic E-state index is 0.0918. The number of carbonyl (C=O) groups is 2. The third kappa shape index (κ3) is 2.06. The molecule has 0 N–H and O–H groups in total. The molecule has 0 saturated carbocycles. The first kappa shape index (κ1) is 12.0. The lowest BCUT2D eigenvalue weighted by atomic mass is 10.0. The summed E-state index contributed by atoms with van der Waals surface area (Å²) < 4.78 is 0. The van der Waals surface area contributed by atoms with Gasteiger partial charge in [0, 0.05) is 23.9 Å². The Hall–Kier alpha value is -2.01. The van der Waals surface area contributed by atoms with E-state index in [0.717, 1.165) is 5.01 Å². The zero-order valence-electron chi connectivity index (χ0n) is 10.4. The number of thiazole rings is 1. The van der Waals surface area contributed by atoms with E-state index in [1.807, 2.05) is 25.1 Å². The van der Waals surface area contributed by atoms with Crippen molar-refractivity contribution in [3.8, 4) is 0 Å². The molecule has 1 amide bonds. The van der Waals surface area contributed by atoms with Crippen molar-refractivity contribution in [1.29, 1.82) is 0 Å². The number of hydrogen-bond acceptors (Lipinski definition) is 4. The molecule has 0 fully saturated rings. The molecule has 1 aliphatic heterocycles. The Bertz CT molecular complexity index is 663. The number of aryl methyl sites for hydroxylation is 1. The Labute approximate surface area is 114 Å². The van der Waals surface area contributed by atoms with Crippen LogP contribution in [0.2, 0.25) is 0 Å². The minimum Gasteiger partial charge on any atom is -0.306 e. The van der Waals surface area contributed by atoms with Gasteiger partial charge in [-0.2, -0.15) is 0 Å². The SMILES string of the molecule is Cc1nc(C(=O)N2CCC(=O)c3ccccc32)cs1. The molecule has 5 heteroatoms. The molecule has 0 bridgehead atoms. The summed E-state index contributed by atoms with van der Waals surface area (Å²) in [7, 11) is 0. The molecule has 0 atom stereocenters. The van der Waals surface area contributed by atoms with Gasteiger partial charge in [0.05, 0.1) is 10.7 Å². The van der Waals surface area contributed by atoms with Crippen molar-refractivity contribution in [2.75, 3.05) is 11.4 Å². The third-order valence-electron chi connectivity index (χ3n) is 3.14. The normalized spacial score (nSPS) is 14.4. The number of benzene rings is 1. The van der Waals surface area contributed by atoms with Crippen LogP contribution in [0, 0.1) is 6.92 Å². The first-order chi connectivity index (χ1) is 9.16. The van der Waals surface area contributed by atoms with Gasteiger partial charge in [-0.25, -0.2) is 4.98 Å². The maximum atomic E-state index is 12.4. The first-order valence-electron chi connectivity index (χ1n) is 6.03. The fourth-order valence-electron chi connectivity index (χ4n) is 2.22. The van der Waals surface area contributed by atoms with Gasteiger partial charge in [-0.3, -0.25) is 9.59 Å². The number of carbonyl (C=O) groups excluding carboxylic acids is 2. The van der Waals surface area contributed by atoms with Gasteiger partial charge in [0.15, 0.2) is 5.78 Å². The van der Waals surface area contributed by atoms with Gasteiger partial charge in [0.1, 0.15) is 5.69 Å². The van der Waals surface area contributed by atoms with E-state index in [9.17, 15) is 9.59 Å². The van der Waals surface area contributed by atoms with E-state index in [0.29, 0.717) is 29.9 Å². The van der Waals surface area contributed by atoms with Crippen LogP contribution in [0.25, 0.3) is 0 Å². The molecule has 0 spiro atoms. The topological polar surface area (TPSA) is 50.3 Å². The molecule has 1 aromatic heterocycles. The van der Waals surface area contributed by atoms with Crippen molar-refractivity contribution < 1.29 is 9.59 Å². The van der Waals surface area contributed by atoms with E-state index in [1.54, 1.807) is 16.3 Å². The van der Waals surface area contributed by atoms with Gasteiger partial charge in [-0.05, 0) is 19.1 Å². The highest BCUT2D eigenvalue weighted by atomic mass is 32.1. The van der Waals surface area contributed by atoms with Crippen molar-refractivity contribution in [2.45, 2.75) is 13.3 Å². The van der Waals surface area contributed by atoms with Gasteiger partial charge >= 0.3 is 0 Å². The summed E-state index contributed by atoms with van der Waals surface area (Å²) in [4.78, 5) is 30.1. The number of para-hydroxylation sites is 1. The summed E-state index contributed by atoms with van der Waals surface area (Å²) in [5.74, 6) is -0.0431. The summed E-state index contributed by atoms with van der Waals surface area (Å²) in [5.41, 5.74) is 1.76. The second-order valence-corrected chi connectivity index (χ2v) is 5.46. The van der Waals surface area contributed by atoms with Gasteiger partial charge in [-0.1, -0.05) is 12.1 Å². The number of amides is 1. The Morgan fingerprint density at radius 3 is 2.89 bits per heavy atom. The highest BCUT2D eigenvalue weighted by Gasteiger charge is 2.28. The van der Waals surface area contributed by atoms with Crippen LogP contribution >= 0.6 is 11.3 Å². The molecule has 1 aliphatic rings. The molecule has 0 saturated heterocycles. The summed E-state index contributed by atoms with van der Waals surface area (Å²) in [6, 6.07) is 7.23. The second kappa shape index (κ2) is 4.59. The highest BCUT2D eigenvalue weighted by Crippen LogP contribution is 2.28. The van der Waals surface area contributed by atoms with E-state index in [1.165, 1.54) is 11.3 Å². The van der Waals surface area contributed by atoms with Crippen molar-refractivity contribution in [3.05, 3.63) is 45.9 Å². The summed E-state index contributed by atoms with van der Waals surface area (Å²) in [5, 5.41) is 2.63. The number of Topliss-reactive ketones (excluding diaryl/α,β-unsaturated/α-hetero) is 1. The quantitative estimate of drug-likeness (QED) is 0.802. The maximum Gasteiger partial charge on any atom is 0.277 e. The Balaban J connectivity index is 2.01. The fraction of sp³-hybridized carbons (Fsp3) is 0.214. The van der Waals surface area contributed by atoms with Crippen LogP contribution < -0.4 is 4.90 Å². The van der Waals surface area contributed by atoms with Gasteiger partial charge in [0.25, 0.3) is 5.91 Å². The summed E-state index contributed by atoms with van der Waals surface area (Å²) >= 11 is 1.45. The van der Waals surface area contributed by atoms with Crippen molar-refractivity contribution in [2.24, 2.45) is 0 Å². The lowest BCUT2D eigenvalue weighted by Crippen LogP contribution is -2.37. The van der Waals surface area contributed by atoms with Crippen LogP contribution in [0.4, 0.5) is 5.69 Å². The second-order valence-electron chi connectivity index (χ2n) is 4.40. The minimum atomic E-state index is -0.135. The predicted molar refractivity (Wildman–Crippen MR) is 73.9 cm³/mol. The molecule has 0 radical (unpaired) electrons. The van der Waals surface area contributed by atoms with Crippen LogP contribution in [-0.2, 0) is 0 Å². The lowest BCUT2D eigenvalue weighted by molar-refractivity contribution is 0.0953. The van der Waals surface area contributed by atoms with Crippen LogP contribution in [0.15, 0.2) is 29.6 Å². The van der Waals surface area contributed by atoms with Crippen LogP contribution in [-0.4, -0.2) is 23.2 Å². The zero-order chi connectivity index (χ0) is 13.4. The molecule has 2 heterocycles. The Morgan fingerprint density at radius 2 is 2.16 bits per heavy atom. The lowest BCUT2D eigenvalue weighted by Gasteiger charge is -2.27. The average Bonchev–Trinajstić information content (AvgIpc) is 2.86. The van der Waals surface area contributed by atoms with Crippen LogP contribution in [0.3, 0.4) is 0 Å². The number of nitrogens with zero attached hydrogens (tertiary/aromatic N) is 2. The smallest absolute Gasteiger partial charge is 0.277 e. The van der Waals surface area contributed by atoms with Crippen molar-refractivity contribution in [1.82, 2.24) is 4.98 Å². The van der Waals surface area contributed by atoms with E-state index in [2.05, 4.69) is 4.98 Å². The number of fused-ring (bicyclic) bond motifs is 1. The molecule has 4 nitrogen and oxygen atoms in total. The number of anilines is 1. The molecule has 19 heavy (non-hydrogen) atoms. The Morgan fingerprint density at radius 1 is 1.37 bits per heavy atom. The molecule has 96 valence electrons. The van der Waals surface area contributed by atoms with Crippen molar-refractivity contribution in [3.63, 3.8) is 0 Å². The van der Waals surface area contributed by atoms with Gasteiger partial charge in [-0.15, -0.1) is 11.3 Å². The van der Waals surface area contributed by atoms with E-state index in [-0.39, 0.29) is 11.7 Å². The molecule has 1 aromatic carbocycles. The largest absolute Gasteiger partial charge is 0.306 e. The third-order valence-corrected chi connectivity index (χ3v) is 3.91. The molecule has 2 aromatic rings. The molecule has 0 aliphatic carbocycles. The maximum absolute atomic E-state index is 12.4. The highest BCUT2D eigenvalue weighted by molar-refractivity contribution is 7.09. The molecule has 0 unspecified atom stereocenters. The van der Waals surface area contributed by atoms with E-state index < -0.39 is 0 Å². The monoisotopic (exact) mass is 272 g/mol. The number of rotatable bonds is 1.